The Labute approximate surface area is 121 Å². The third kappa shape index (κ3) is 3.52. The van der Waals surface area contributed by atoms with Crippen molar-refractivity contribution in [3.8, 4) is 0 Å². The van der Waals surface area contributed by atoms with Gasteiger partial charge in [-0.3, -0.25) is 0 Å². The van der Waals surface area contributed by atoms with Crippen LogP contribution >= 0.6 is 0 Å². The van der Waals surface area contributed by atoms with Gasteiger partial charge in [0.05, 0.1) is 0 Å². The molecule has 3 unspecified atom stereocenters. The van der Waals surface area contributed by atoms with E-state index in [1.54, 1.807) is 0 Å². The Morgan fingerprint density at radius 1 is 1.05 bits per heavy atom. The second kappa shape index (κ2) is 7.08. The van der Waals surface area contributed by atoms with Gasteiger partial charge in [-0.15, -0.1) is 0 Å². The van der Waals surface area contributed by atoms with Gasteiger partial charge in [0, 0.05) is 11.6 Å². The minimum absolute atomic E-state index is 0.302. The van der Waals surface area contributed by atoms with Crippen LogP contribution in [0.25, 0.3) is 0 Å². The molecule has 0 amide bonds. The standard InChI is InChI=1S/C17H36N2/c1-8-17(9-2,19(6)7)16(18-5)15-11-13(3)10-14(4)12-15/h13-16,18H,8-12H2,1-7H3. The first-order chi connectivity index (χ1) is 8.91. The molecular weight excluding hydrogens is 232 g/mol. The zero-order valence-electron chi connectivity index (χ0n) is 14.3. The van der Waals surface area contributed by atoms with Gasteiger partial charge in [-0.05, 0) is 71.0 Å². The highest BCUT2D eigenvalue weighted by Gasteiger charge is 2.43. The van der Waals surface area contributed by atoms with Crippen LogP contribution < -0.4 is 5.32 Å². The highest BCUT2D eigenvalue weighted by molar-refractivity contribution is 5.01. The van der Waals surface area contributed by atoms with Gasteiger partial charge in [-0.25, -0.2) is 0 Å². The Morgan fingerprint density at radius 2 is 1.53 bits per heavy atom. The molecule has 0 heterocycles. The number of likely N-dealkylation sites (N-methyl/N-ethyl adjacent to an activating group) is 2. The Bertz CT molecular complexity index is 248. The molecule has 0 aliphatic heterocycles. The van der Waals surface area contributed by atoms with Crippen LogP contribution in [0.2, 0.25) is 0 Å². The lowest BCUT2D eigenvalue weighted by molar-refractivity contribution is 0.0374. The zero-order chi connectivity index (χ0) is 14.6. The normalized spacial score (nSPS) is 30.6. The monoisotopic (exact) mass is 268 g/mol. The van der Waals surface area contributed by atoms with Crippen LogP contribution in [-0.2, 0) is 0 Å². The lowest BCUT2D eigenvalue weighted by Gasteiger charge is -2.50. The zero-order valence-corrected chi connectivity index (χ0v) is 14.3. The molecule has 0 saturated heterocycles. The molecule has 1 saturated carbocycles. The molecule has 1 aliphatic rings. The summed E-state index contributed by atoms with van der Waals surface area (Å²) in [5.74, 6) is 2.60. The fourth-order valence-electron chi connectivity index (χ4n) is 4.82. The summed E-state index contributed by atoms with van der Waals surface area (Å²) < 4.78 is 0. The Kier molecular flexibility index (Phi) is 6.32. The average Bonchev–Trinajstić information content (AvgIpc) is 2.34. The maximum absolute atomic E-state index is 3.70. The van der Waals surface area contributed by atoms with Gasteiger partial charge in [0.25, 0.3) is 0 Å². The van der Waals surface area contributed by atoms with Crippen LogP contribution in [0, 0.1) is 17.8 Å². The molecule has 1 fully saturated rings. The molecule has 1 N–H and O–H groups in total. The number of rotatable bonds is 6. The van der Waals surface area contributed by atoms with E-state index in [2.05, 4.69) is 59.1 Å². The molecule has 0 aromatic heterocycles. The Hall–Kier alpha value is -0.0800. The van der Waals surface area contributed by atoms with E-state index < -0.39 is 0 Å². The fraction of sp³-hybridized carbons (Fsp3) is 1.00. The summed E-state index contributed by atoms with van der Waals surface area (Å²) in [6, 6.07) is 0.614. The van der Waals surface area contributed by atoms with Crippen LogP contribution in [0.1, 0.15) is 59.8 Å². The van der Waals surface area contributed by atoms with Gasteiger partial charge in [-0.2, -0.15) is 0 Å². The number of nitrogens with one attached hydrogen (secondary N) is 1. The summed E-state index contributed by atoms with van der Waals surface area (Å²) >= 11 is 0. The summed E-state index contributed by atoms with van der Waals surface area (Å²) in [6.45, 7) is 9.57. The van der Waals surface area contributed by atoms with Crippen LogP contribution in [0.4, 0.5) is 0 Å². The van der Waals surface area contributed by atoms with E-state index >= 15 is 0 Å². The van der Waals surface area contributed by atoms with Gasteiger partial charge < -0.3 is 10.2 Å². The van der Waals surface area contributed by atoms with E-state index in [4.69, 9.17) is 0 Å². The third-order valence-electron chi connectivity index (χ3n) is 5.69. The van der Waals surface area contributed by atoms with E-state index in [9.17, 15) is 0 Å². The highest BCUT2D eigenvalue weighted by Crippen LogP contribution is 2.40. The summed E-state index contributed by atoms with van der Waals surface area (Å²) in [5, 5.41) is 3.70. The van der Waals surface area contributed by atoms with E-state index in [1.807, 2.05) is 0 Å². The van der Waals surface area contributed by atoms with Crippen molar-refractivity contribution in [1.29, 1.82) is 0 Å². The van der Waals surface area contributed by atoms with Crippen molar-refractivity contribution in [3.05, 3.63) is 0 Å². The molecule has 2 nitrogen and oxygen atoms in total. The molecule has 1 aliphatic carbocycles. The highest BCUT2D eigenvalue weighted by atomic mass is 15.2. The minimum atomic E-state index is 0.302. The minimum Gasteiger partial charge on any atom is -0.315 e. The third-order valence-corrected chi connectivity index (χ3v) is 5.69. The first kappa shape index (κ1) is 17.0. The predicted molar refractivity (Wildman–Crippen MR) is 85.5 cm³/mol. The molecule has 0 radical (unpaired) electrons. The van der Waals surface area contributed by atoms with Crippen LogP contribution in [0.5, 0.6) is 0 Å². The second-order valence-corrected chi connectivity index (χ2v) is 7.15. The quantitative estimate of drug-likeness (QED) is 0.789. The molecule has 0 bridgehead atoms. The first-order valence-corrected chi connectivity index (χ1v) is 8.25. The van der Waals surface area contributed by atoms with Crippen molar-refractivity contribution in [2.24, 2.45) is 17.8 Å². The molecule has 2 heteroatoms. The number of hydrogen-bond acceptors (Lipinski definition) is 2. The molecule has 0 spiro atoms. The predicted octanol–water partition coefficient (Wildman–Crippen LogP) is 3.77. The van der Waals surface area contributed by atoms with E-state index in [0.29, 0.717) is 11.6 Å². The molecule has 0 aromatic carbocycles. The van der Waals surface area contributed by atoms with Gasteiger partial charge in [0.2, 0.25) is 0 Å². The molecule has 3 atom stereocenters. The van der Waals surface area contributed by atoms with Crippen molar-refractivity contribution in [2.45, 2.75) is 71.4 Å². The van der Waals surface area contributed by atoms with Crippen LogP contribution in [0.3, 0.4) is 0 Å². The van der Waals surface area contributed by atoms with Gasteiger partial charge >= 0.3 is 0 Å². The molecule has 114 valence electrons. The summed E-state index contributed by atoms with van der Waals surface area (Å²) in [4.78, 5) is 2.47. The molecular formula is C17H36N2. The van der Waals surface area contributed by atoms with E-state index in [1.165, 1.54) is 32.1 Å². The van der Waals surface area contributed by atoms with Gasteiger partial charge in [-0.1, -0.05) is 27.7 Å². The lowest BCUT2D eigenvalue weighted by atomic mass is 9.67. The first-order valence-electron chi connectivity index (χ1n) is 8.25. The van der Waals surface area contributed by atoms with E-state index in [-0.39, 0.29) is 0 Å². The lowest BCUT2D eigenvalue weighted by Crippen LogP contribution is -2.61. The van der Waals surface area contributed by atoms with Gasteiger partial charge in [0.1, 0.15) is 0 Å². The van der Waals surface area contributed by atoms with Crippen molar-refractivity contribution < 1.29 is 0 Å². The Morgan fingerprint density at radius 3 is 1.84 bits per heavy atom. The number of hydrogen-bond donors (Lipinski definition) is 1. The molecule has 1 rings (SSSR count). The fourth-order valence-corrected chi connectivity index (χ4v) is 4.82. The summed E-state index contributed by atoms with van der Waals surface area (Å²) in [6.07, 6.45) is 6.65. The molecule has 0 aromatic rings. The van der Waals surface area contributed by atoms with Crippen molar-refractivity contribution >= 4 is 0 Å². The van der Waals surface area contributed by atoms with E-state index in [0.717, 1.165) is 17.8 Å². The van der Waals surface area contributed by atoms with Crippen LogP contribution in [0.15, 0.2) is 0 Å². The SMILES string of the molecule is CCC(CC)(C(NC)C1CC(C)CC(C)C1)N(C)C. The van der Waals surface area contributed by atoms with Crippen molar-refractivity contribution in [3.63, 3.8) is 0 Å². The maximum atomic E-state index is 3.70. The maximum Gasteiger partial charge on any atom is 0.0353 e. The second-order valence-electron chi connectivity index (χ2n) is 7.15. The van der Waals surface area contributed by atoms with Crippen LogP contribution in [-0.4, -0.2) is 37.6 Å². The Balaban J connectivity index is 2.96. The summed E-state index contributed by atoms with van der Waals surface area (Å²) in [7, 11) is 6.68. The summed E-state index contributed by atoms with van der Waals surface area (Å²) in [5.41, 5.74) is 0.302. The van der Waals surface area contributed by atoms with Gasteiger partial charge in [0.15, 0.2) is 0 Å². The number of nitrogens with zero attached hydrogens (tertiary/aromatic N) is 1. The topological polar surface area (TPSA) is 15.3 Å². The van der Waals surface area contributed by atoms with Crippen molar-refractivity contribution in [1.82, 2.24) is 10.2 Å². The van der Waals surface area contributed by atoms with Crippen molar-refractivity contribution in [2.75, 3.05) is 21.1 Å². The smallest absolute Gasteiger partial charge is 0.0353 e. The molecule has 19 heavy (non-hydrogen) atoms. The largest absolute Gasteiger partial charge is 0.315 e. The average molecular weight is 268 g/mol.